The third-order valence-electron chi connectivity index (χ3n) is 4.91. The summed E-state index contributed by atoms with van der Waals surface area (Å²) < 4.78 is 28.7. The van der Waals surface area contributed by atoms with Crippen LogP contribution in [-0.4, -0.2) is 0 Å². The van der Waals surface area contributed by atoms with Gasteiger partial charge in [-0.3, -0.25) is 0 Å². The molecule has 1 unspecified atom stereocenters. The van der Waals surface area contributed by atoms with Crippen LogP contribution in [0.4, 0.5) is 8.78 Å². The SMILES string of the molecule is C/C=C/CCc1ccc(/C=C/c2ccc(CC(F)c3ccccc3)cc2)c(F)c1. The van der Waals surface area contributed by atoms with Crippen molar-refractivity contribution in [1.82, 2.24) is 0 Å². The zero-order valence-electron chi connectivity index (χ0n) is 16.7. The Morgan fingerprint density at radius 3 is 2.28 bits per heavy atom. The van der Waals surface area contributed by atoms with E-state index in [-0.39, 0.29) is 5.82 Å². The Morgan fingerprint density at radius 2 is 1.59 bits per heavy atom. The van der Waals surface area contributed by atoms with Crippen molar-refractivity contribution in [3.8, 4) is 0 Å². The van der Waals surface area contributed by atoms with E-state index in [1.807, 2.05) is 85.8 Å². The molecule has 0 fully saturated rings. The zero-order valence-corrected chi connectivity index (χ0v) is 16.7. The lowest BCUT2D eigenvalue weighted by atomic mass is 10.0. The normalized spacial score (nSPS) is 12.7. The molecule has 0 aliphatic carbocycles. The van der Waals surface area contributed by atoms with Crippen molar-refractivity contribution in [2.24, 2.45) is 0 Å². The number of hydrogen-bond donors (Lipinski definition) is 0. The molecule has 148 valence electrons. The molecule has 0 saturated heterocycles. The third kappa shape index (κ3) is 6.25. The Bertz CT molecular complexity index is 954. The van der Waals surface area contributed by atoms with Crippen LogP contribution in [0.2, 0.25) is 0 Å². The summed E-state index contributed by atoms with van der Waals surface area (Å²) in [5.41, 5.74) is 4.16. The van der Waals surface area contributed by atoms with Crippen molar-refractivity contribution >= 4 is 12.2 Å². The lowest BCUT2D eigenvalue weighted by Gasteiger charge is -2.08. The van der Waals surface area contributed by atoms with Gasteiger partial charge in [0.15, 0.2) is 0 Å². The van der Waals surface area contributed by atoms with Crippen molar-refractivity contribution in [1.29, 1.82) is 0 Å². The molecule has 0 radical (unpaired) electrons. The quantitative estimate of drug-likeness (QED) is 0.273. The van der Waals surface area contributed by atoms with Gasteiger partial charge in [-0.05, 0) is 48.1 Å². The fraction of sp³-hybridized carbons (Fsp3) is 0.185. The van der Waals surface area contributed by atoms with Crippen molar-refractivity contribution in [3.05, 3.63) is 119 Å². The second-order valence-corrected chi connectivity index (χ2v) is 7.12. The number of alkyl halides is 1. The van der Waals surface area contributed by atoms with Crippen LogP contribution in [0, 0.1) is 5.82 Å². The van der Waals surface area contributed by atoms with Crippen LogP contribution in [0.3, 0.4) is 0 Å². The predicted molar refractivity (Wildman–Crippen MR) is 119 cm³/mol. The highest BCUT2D eigenvalue weighted by atomic mass is 19.1. The van der Waals surface area contributed by atoms with E-state index in [0.29, 0.717) is 17.5 Å². The highest BCUT2D eigenvalue weighted by molar-refractivity contribution is 5.70. The Labute approximate surface area is 172 Å². The summed E-state index contributed by atoms with van der Waals surface area (Å²) in [6.45, 7) is 1.99. The minimum Gasteiger partial charge on any atom is -0.242 e. The second kappa shape index (κ2) is 10.5. The van der Waals surface area contributed by atoms with Crippen LogP contribution in [0.5, 0.6) is 0 Å². The molecule has 0 saturated carbocycles. The number of benzene rings is 3. The molecule has 0 aliphatic heterocycles. The maximum absolute atomic E-state index is 14.4. The molecule has 2 heteroatoms. The largest absolute Gasteiger partial charge is 0.242 e. The van der Waals surface area contributed by atoms with Gasteiger partial charge in [0.2, 0.25) is 0 Å². The molecule has 3 aromatic rings. The fourth-order valence-corrected chi connectivity index (χ4v) is 3.22. The standard InChI is InChI=1S/C27H26F2/c1-2-3-5-8-22-16-18-25(27(29)19-22)17-15-21-11-13-23(14-12-21)20-26(28)24-9-6-4-7-10-24/h2-4,6-7,9-19,26H,5,8,20H2,1H3/b3-2+,17-15+. The average molecular weight is 389 g/mol. The molecular weight excluding hydrogens is 362 g/mol. The lowest BCUT2D eigenvalue weighted by Crippen LogP contribution is -1.96. The van der Waals surface area contributed by atoms with E-state index in [1.165, 1.54) is 0 Å². The van der Waals surface area contributed by atoms with E-state index in [4.69, 9.17) is 0 Å². The summed E-state index contributed by atoms with van der Waals surface area (Å²) in [7, 11) is 0. The van der Waals surface area contributed by atoms with E-state index >= 15 is 0 Å². The highest BCUT2D eigenvalue weighted by Gasteiger charge is 2.10. The van der Waals surface area contributed by atoms with Gasteiger partial charge in [-0.15, -0.1) is 0 Å². The maximum atomic E-state index is 14.4. The molecule has 3 aromatic carbocycles. The molecule has 0 heterocycles. The van der Waals surface area contributed by atoms with E-state index in [2.05, 4.69) is 6.08 Å². The molecule has 1 atom stereocenters. The highest BCUT2D eigenvalue weighted by Crippen LogP contribution is 2.23. The Kier molecular flexibility index (Phi) is 7.52. The van der Waals surface area contributed by atoms with Gasteiger partial charge < -0.3 is 0 Å². The summed E-state index contributed by atoms with van der Waals surface area (Å²) in [6, 6.07) is 22.3. The molecule has 0 aromatic heterocycles. The maximum Gasteiger partial charge on any atom is 0.130 e. The first kappa shape index (κ1) is 20.7. The zero-order chi connectivity index (χ0) is 20.5. The third-order valence-corrected chi connectivity index (χ3v) is 4.91. The first-order valence-electron chi connectivity index (χ1n) is 10.0. The molecule has 29 heavy (non-hydrogen) atoms. The first-order valence-corrected chi connectivity index (χ1v) is 10.0. The van der Waals surface area contributed by atoms with Gasteiger partial charge in [0.05, 0.1) is 0 Å². The Morgan fingerprint density at radius 1 is 0.862 bits per heavy atom. The number of aryl methyl sites for hydroxylation is 1. The summed E-state index contributed by atoms with van der Waals surface area (Å²) >= 11 is 0. The van der Waals surface area contributed by atoms with Crippen molar-refractivity contribution < 1.29 is 8.78 Å². The van der Waals surface area contributed by atoms with Gasteiger partial charge in [-0.25, -0.2) is 8.78 Å². The average Bonchev–Trinajstić information content (AvgIpc) is 2.75. The summed E-state index contributed by atoms with van der Waals surface area (Å²) in [5.74, 6) is -0.209. The van der Waals surface area contributed by atoms with Gasteiger partial charge in [0.1, 0.15) is 12.0 Å². The predicted octanol–water partition coefficient (Wildman–Crippen LogP) is 7.76. The van der Waals surface area contributed by atoms with E-state index in [0.717, 1.165) is 29.5 Å². The minimum absolute atomic E-state index is 0.209. The van der Waals surface area contributed by atoms with Crippen molar-refractivity contribution in [2.75, 3.05) is 0 Å². The smallest absolute Gasteiger partial charge is 0.130 e. The van der Waals surface area contributed by atoms with Crippen LogP contribution in [-0.2, 0) is 12.8 Å². The summed E-state index contributed by atoms with van der Waals surface area (Å²) in [5, 5.41) is 0. The lowest BCUT2D eigenvalue weighted by molar-refractivity contribution is 0.342. The molecule has 0 amide bonds. The van der Waals surface area contributed by atoms with Crippen LogP contribution in [0.25, 0.3) is 12.2 Å². The second-order valence-electron chi connectivity index (χ2n) is 7.12. The first-order chi connectivity index (χ1) is 14.2. The van der Waals surface area contributed by atoms with Gasteiger partial charge in [-0.2, -0.15) is 0 Å². The Hall–Kier alpha value is -3.00. The van der Waals surface area contributed by atoms with Gasteiger partial charge >= 0.3 is 0 Å². The summed E-state index contributed by atoms with van der Waals surface area (Å²) in [4.78, 5) is 0. The summed E-state index contributed by atoms with van der Waals surface area (Å²) in [6.07, 6.45) is 8.84. The molecular formula is C27H26F2. The van der Waals surface area contributed by atoms with Crippen molar-refractivity contribution in [2.45, 2.75) is 32.4 Å². The molecule has 3 rings (SSSR count). The number of halogens is 2. The molecule has 0 N–H and O–H groups in total. The molecule has 0 bridgehead atoms. The van der Waals surface area contributed by atoms with E-state index in [1.54, 1.807) is 12.1 Å². The van der Waals surface area contributed by atoms with Gasteiger partial charge in [0, 0.05) is 12.0 Å². The van der Waals surface area contributed by atoms with Crippen LogP contribution in [0.15, 0.2) is 84.9 Å². The molecule has 0 aliphatic rings. The number of allylic oxidation sites excluding steroid dienone is 2. The monoisotopic (exact) mass is 388 g/mol. The van der Waals surface area contributed by atoms with E-state index in [9.17, 15) is 8.78 Å². The molecule has 0 spiro atoms. The molecule has 0 nitrogen and oxygen atoms in total. The van der Waals surface area contributed by atoms with Crippen LogP contribution < -0.4 is 0 Å². The topological polar surface area (TPSA) is 0 Å². The number of hydrogen-bond acceptors (Lipinski definition) is 0. The van der Waals surface area contributed by atoms with Gasteiger partial charge in [-0.1, -0.05) is 91.0 Å². The van der Waals surface area contributed by atoms with Crippen LogP contribution >= 0.6 is 0 Å². The van der Waals surface area contributed by atoms with Crippen molar-refractivity contribution in [3.63, 3.8) is 0 Å². The van der Waals surface area contributed by atoms with E-state index < -0.39 is 6.17 Å². The Balaban J connectivity index is 1.61. The minimum atomic E-state index is -1.02. The van der Waals surface area contributed by atoms with Crippen LogP contribution in [0.1, 0.15) is 47.3 Å². The fourth-order valence-electron chi connectivity index (χ4n) is 3.22. The van der Waals surface area contributed by atoms with Gasteiger partial charge in [0.25, 0.3) is 0 Å². The number of rotatable bonds is 8.